The zero-order valence-electron chi connectivity index (χ0n) is 8.03. The summed E-state index contributed by atoms with van der Waals surface area (Å²) in [4.78, 5) is 0. The highest BCUT2D eigenvalue weighted by atomic mass is 16.2. The lowest BCUT2D eigenvalue weighted by Gasteiger charge is -1.94. The zero-order chi connectivity index (χ0) is 9.52. The predicted molar refractivity (Wildman–Crippen MR) is 56.5 cm³/mol. The van der Waals surface area contributed by atoms with E-state index < -0.39 is 0 Å². The normalized spacial score (nSPS) is 10.9. The van der Waals surface area contributed by atoms with Crippen molar-refractivity contribution in [3.05, 3.63) is 41.5 Å². The van der Waals surface area contributed by atoms with Crippen molar-refractivity contribution in [2.45, 2.75) is 19.8 Å². The van der Waals surface area contributed by atoms with Crippen molar-refractivity contribution in [1.29, 1.82) is 0 Å². The second-order valence-electron chi connectivity index (χ2n) is 3.18. The quantitative estimate of drug-likeness (QED) is 0.699. The van der Waals surface area contributed by atoms with E-state index in [0.29, 0.717) is 0 Å². The fraction of sp³-hybridized carbons (Fsp3) is 0.333. The molecule has 0 aliphatic rings. The van der Waals surface area contributed by atoms with Crippen molar-refractivity contribution in [1.82, 2.24) is 0 Å². The Morgan fingerprint density at radius 2 is 1.92 bits per heavy atom. The van der Waals surface area contributed by atoms with Gasteiger partial charge >= 0.3 is 0 Å². The van der Waals surface area contributed by atoms with Crippen molar-refractivity contribution in [3.8, 4) is 0 Å². The van der Waals surface area contributed by atoms with Crippen molar-refractivity contribution in [2.24, 2.45) is 0 Å². The molecule has 13 heavy (non-hydrogen) atoms. The molecule has 0 atom stereocenters. The van der Waals surface area contributed by atoms with E-state index in [2.05, 4.69) is 43.3 Å². The molecule has 70 valence electrons. The van der Waals surface area contributed by atoms with Crippen LogP contribution in [0.3, 0.4) is 0 Å². The van der Waals surface area contributed by atoms with Gasteiger partial charge in [0.1, 0.15) is 0 Å². The molecule has 0 spiro atoms. The third kappa shape index (κ3) is 3.90. The van der Waals surface area contributed by atoms with Gasteiger partial charge in [0, 0.05) is 6.61 Å². The minimum atomic E-state index is 0.276. The van der Waals surface area contributed by atoms with Gasteiger partial charge in [0.15, 0.2) is 0 Å². The lowest BCUT2D eigenvalue weighted by Crippen LogP contribution is -1.78. The molecule has 0 heterocycles. The van der Waals surface area contributed by atoms with E-state index in [1.807, 2.05) is 0 Å². The van der Waals surface area contributed by atoms with Gasteiger partial charge in [-0.05, 0) is 25.3 Å². The Labute approximate surface area is 79.7 Å². The van der Waals surface area contributed by atoms with Gasteiger partial charge in [-0.3, -0.25) is 0 Å². The Hall–Kier alpha value is -1.08. The molecular formula is C12H16O. The SMILES string of the molecule is Cc1ccc(/C=C\CCCO)cc1. The second kappa shape index (κ2) is 5.55. The third-order valence-corrected chi connectivity index (χ3v) is 1.92. The van der Waals surface area contributed by atoms with Crippen LogP contribution in [-0.4, -0.2) is 11.7 Å². The predicted octanol–water partition coefficient (Wildman–Crippen LogP) is 2.78. The Balaban J connectivity index is 2.44. The standard InChI is InChI=1S/C12H16O/c1-11-6-8-12(9-7-11)5-3-2-4-10-13/h3,5-9,13H,2,4,10H2,1H3/b5-3-. The van der Waals surface area contributed by atoms with Gasteiger partial charge in [0.25, 0.3) is 0 Å². The van der Waals surface area contributed by atoms with E-state index in [0.717, 1.165) is 12.8 Å². The molecule has 1 rings (SSSR count). The molecule has 0 aliphatic carbocycles. The largest absolute Gasteiger partial charge is 0.396 e. The second-order valence-corrected chi connectivity index (χ2v) is 3.18. The first-order chi connectivity index (χ1) is 6.33. The first-order valence-corrected chi connectivity index (χ1v) is 4.67. The van der Waals surface area contributed by atoms with E-state index in [4.69, 9.17) is 5.11 Å². The fourth-order valence-corrected chi connectivity index (χ4v) is 1.11. The number of benzene rings is 1. The van der Waals surface area contributed by atoms with E-state index in [-0.39, 0.29) is 6.61 Å². The number of unbranched alkanes of at least 4 members (excludes halogenated alkanes) is 1. The van der Waals surface area contributed by atoms with Crippen LogP contribution in [0.25, 0.3) is 6.08 Å². The maximum Gasteiger partial charge on any atom is 0.0433 e. The summed E-state index contributed by atoms with van der Waals surface area (Å²) in [5.41, 5.74) is 2.51. The monoisotopic (exact) mass is 176 g/mol. The first kappa shape index (κ1) is 10.0. The molecule has 0 radical (unpaired) electrons. The molecule has 0 fully saturated rings. The van der Waals surface area contributed by atoms with Crippen LogP contribution in [0.2, 0.25) is 0 Å². The maximum absolute atomic E-state index is 8.57. The third-order valence-electron chi connectivity index (χ3n) is 1.92. The van der Waals surface area contributed by atoms with Gasteiger partial charge in [0.2, 0.25) is 0 Å². The van der Waals surface area contributed by atoms with Crippen LogP contribution in [-0.2, 0) is 0 Å². The van der Waals surface area contributed by atoms with Gasteiger partial charge < -0.3 is 5.11 Å². The number of rotatable bonds is 4. The summed E-state index contributed by atoms with van der Waals surface area (Å²) in [7, 11) is 0. The molecule has 1 nitrogen and oxygen atoms in total. The lowest BCUT2D eigenvalue weighted by molar-refractivity contribution is 0.290. The first-order valence-electron chi connectivity index (χ1n) is 4.67. The summed E-state index contributed by atoms with van der Waals surface area (Å²) in [6.45, 7) is 2.36. The van der Waals surface area contributed by atoms with E-state index in [1.165, 1.54) is 11.1 Å². The van der Waals surface area contributed by atoms with Gasteiger partial charge in [-0.2, -0.15) is 0 Å². The Bertz CT molecular complexity index is 259. The Morgan fingerprint density at radius 3 is 2.54 bits per heavy atom. The Kier molecular flexibility index (Phi) is 4.27. The van der Waals surface area contributed by atoms with Crippen LogP contribution >= 0.6 is 0 Å². The van der Waals surface area contributed by atoms with Crippen LogP contribution in [0.15, 0.2) is 30.3 Å². The summed E-state index contributed by atoms with van der Waals surface area (Å²) >= 11 is 0. The van der Waals surface area contributed by atoms with Gasteiger partial charge in [0.05, 0.1) is 0 Å². The molecule has 0 aromatic heterocycles. The fourth-order valence-electron chi connectivity index (χ4n) is 1.11. The molecule has 1 heteroatoms. The van der Waals surface area contributed by atoms with E-state index >= 15 is 0 Å². The summed E-state index contributed by atoms with van der Waals surface area (Å²) in [5.74, 6) is 0. The minimum Gasteiger partial charge on any atom is -0.396 e. The molecule has 1 aromatic carbocycles. The van der Waals surface area contributed by atoms with Gasteiger partial charge in [-0.25, -0.2) is 0 Å². The van der Waals surface area contributed by atoms with Crippen molar-refractivity contribution in [3.63, 3.8) is 0 Å². The molecule has 1 aromatic rings. The highest BCUT2D eigenvalue weighted by Crippen LogP contribution is 2.05. The maximum atomic E-state index is 8.57. The number of allylic oxidation sites excluding steroid dienone is 1. The zero-order valence-corrected chi connectivity index (χ0v) is 8.03. The summed E-state index contributed by atoms with van der Waals surface area (Å²) in [6.07, 6.45) is 5.99. The molecular weight excluding hydrogens is 160 g/mol. The number of aliphatic hydroxyl groups excluding tert-OH is 1. The number of aryl methyl sites for hydroxylation is 1. The van der Waals surface area contributed by atoms with Crippen LogP contribution in [0.5, 0.6) is 0 Å². The van der Waals surface area contributed by atoms with Crippen molar-refractivity contribution >= 4 is 6.08 Å². The lowest BCUT2D eigenvalue weighted by atomic mass is 10.1. The van der Waals surface area contributed by atoms with E-state index in [1.54, 1.807) is 0 Å². The van der Waals surface area contributed by atoms with Gasteiger partial charge in [-0.1, -0.05) is 42.0 Å². The summed E-state index contributed by atoms with van der Waals surface area (Å²) < 4.78 is 0. The van der Waals surface area contributed by atoms with Crippen LogP contribution in [0, 0.1) is 6.92 Å². The highest BCUT2D eigenvalue weighted by Gasteiger charge is 1.85. The molecule has 0 saturated heterocycles. The van der Waals surface area contributed by atoms with Crippen LogP contribution in [0.1, 0.15) is 24.0 Å². The van der Waals surface area contributed by atoms with Crippen molar-refractivity contribution in [2.75, 3.05) is 6.61 Å². The van der Waals surface area contributed by atoms with Gasteiger partial charge in [-0.15, -0.1) is 0 Å². The summed E-state index contributed by atoms with van der Waals surface area (Å²) in [6, 6.07) is 8.41. The summed E-state index contributed by atoms with van der Waals surface area (Å²) in [5, 5.41) is 8.57. The average Bonchev–Trinajstić information content (AvgIpc) is 2.15. The topological polar surface area (TPSA) is 20.2 Å². The Morgan fingerprint density at radius 1 is 1.23 bits per heavy atom. The average molecular weight is 176 g/mol. The van der Waals surface area contributed by atoms with Crippen LogP contribution in [0.4, 0.5) is 0 Å². The minimum absolute atomic E-state index is 0.276. The smallest absolute Gasteiger partial charge is 0.0433 e. The molecule has 0 amide bonds. The molecule has 1 N–H and O–H groups in total. The molecule has 0 saturated carbocycles. The number of hydrogen-bond acceptors (Lipinski definition) is 1. The van der Waals surface area contributed by atoms with Crippen LogP contribution < -0.4 is 0 Å². The number of hydrogen-bond donors (Lipinski definition) is 1. The molecule has 0 unspecified atom stereocenters. The molecule has 0 aliphatic heterocycles. The van der Waals surface area contributed by atoms with E-state index in [9.17, 15) is 0 Å². The highest BCUT2D eigenvalue weighted by molar-refractivity contribution is 5.49. The number of aliphatic hydroxyl groups is 1. The van der Waals surface area contributed by atoms with Crippen molar-refractivity contribution < 1.29 is 5.11 Å². The molecule has 0 bridgehead atoms.